The molecule has 1 aromatic rings. The molecule has 0 spiro atoms. The van der Waals surface area contributed by atoms with Crippen LogP contribution in [0.2, 0.25) is 0 Å². The molecule has 116 valence electrons. The number of amides is 1. The quantitative estimate of drug-likeness (QED) is 0.847. The number of carbonyl (C=O) groups is 2. The summed E-state index contributed by atoms with van der Waals surface area (Å²) in [6, 6.07) is 5.51. The average Bonchev–Trinajstić information content (AvgIpc) is 2.96. The molecule has 1 unspecified atom stereocenters. The van der Waals surface area contributed by atoms with Crippen LogP contribution in [0.1, 0.15) is 12.0 Å². The molecular formula is C15H14BrNO5. The Morgan fingerprint density at radius 1 is 1.36 bits per heavy atom. The van der Waals surface area contributed by atoms with Crippen LogP contribution in [0.4, 0.5) is 0 Å². The Morgan fingerprint density at radius 3 is 2.86 bits per heavy atom. The summed E-state index contributed by atoms with van der Waals surface area (Å²) >= 11 is 3.37. The van der Waals surface area contributed by atoms with E-state index in [1.165, 1.54) is 0 Å². The molecule has 0 aliphatic carbocycles. The number of carbonyl (C=O) groups excluding carboxylic acids is 1. The Hall–Kier alpha value is -1.86. The minimum atomic E-state index is -1.35. The van der Waals surface area contributed by atoms with E-state index >= 15 is 0 Å². The predicted octanol–water partition coefficient (Wildman–Crippen LogP) is 1.58. The average molecular weight is 368 g/mol. The number of carboxylic acids is 1. The maximum absolute atomic E-state index is 12.4. The molecule has 0 radical (unpaired) electrons. The van der Waals surface area contributed by atoms with Gasteiger partial charge in [-0.25, -0.2) is 4.79 Å². The standard InChI is InChI=1S/C15H14BrNO5/c16-11-1-2-12-9(6-11)5-10(7-22-12)13(18)17-15(14(19)20)3-4-21-8-15/h1-2,5-6H,3-4,7-8H2,(H,17,18)(H,19,20). The van der Waals surface area contributed by atoms with Crippen LogP contribution in [-0.4, -0.2) is 42.3 Å². The normalized spacial score (nSPS) is 23.2. The molecule has 0 aromatic heterocycles. The first-order chi connectivity index (χ1) is 10.5. The number of nitrogens with one attached hydrogen (secondary N) is 1. The maximum atomic E-state index is 12.4. The van der Waals surface area contributed by atoms with Crippen molar-refractivity contribution in [2.45, 2.75) is 12.0 Å². The zero-order valence-electron chi connectivity index (χ0n) is 11.6. The lowest BCUT2D eigenvalue weighted by molar-refractivity contribution is -0.147. The predicted molar refractivity (Wildman–Crippen MR) is 81.6 cm³/mol. The van der Waals surface area contributed by atoms with Gasteiger partial charge in [0.05, 0.1) is 12.2 Å². The fourth-order valence-corrected chi connectivity index (χ4v) is 2.84. The smallest absolute Gasteiger partial charge is 0.331 e. The van der Waals surface area contributed by atoms with Gasteiger partial charge in [-0.05, 0) is 24.3 Å². The minimum absolute atomic E-state index is 0.0235. The maximum Gasteiger partial charge on any atom is 0.331 e. The number of carboxylic acid groups (broad SMARTS) is 1. The number of ether oxygens (including phenoxy) is 2. The topological polar surface area (TPSA) is 84.9 Å². The van der Waals surface area contributed by atoms with E-state index in [1.807, 2.05) is 18.2 Å². The molecule has 1 fully saturated rings. The van der Waals surface area contributed by atoms with Crippen molar-refractivity contribution in [1.82, 2.24) is 5.32 Å². The Morgan fingerprint density at radius 2 is 2.18 bits per heavy atom. The summed E-state index contributed by atoms with van der Waals surface area (Å²) in [6.45, 7) is 0.402. The van der Waals surface area contributed by atoms with Gasteiger partial charge in [0.2, 0.25) is 0 Å². The first-order valence-corrected chi connectivity index (χ1v) is 7.56. The van der Waals surface area contributed by atoms with Gasteiger partial charge in [-0.2, -0.15) is 0 Å². The molecule has 1 saturated heterocycles. The minimum Gasteiger partial charge on any atom is -0.488 e. The Kier molecular flexibility index (Phi) is 3.92. The number of fused-ring (bicyclic) bond motifs is 1. The summed E-state index contributed by atoms with van der Waals surface area (Å²) in [5.41, 5.74) is -0.189. The lowest BCUT2D eigenvalue weighted by Crippen LogP contribution is -2.55. The summed E-state index contributed by atoms with van der Waals surface area (Å²) in [6.07, 6.45) is 1.97. The number of benzene rings is 1. The second-order valence-corrected chi connectivity index (χ2v) is 6.20. The van der Waals surface area contributed by atoms with Gasteiger partial charge in [0.1, 0.15) is 12.4 Å². The van der Waals surface area contributed by atoms with Gasteiger partial charge in [-0.1, -0.05) is 15.9 Å². The first-order valence-electron chi connectivity index (χ1n) is 6.77. The molecule has 2 aliphatic heterocycles. The number of hydrogen-bond acceptors (Lipinski definition) is 4. The van der Waals surface area contributed by atoms with Gasteiger partial charge in [0.15, 0.2) is 5.54 Å². The number of halogens is 1. The monoisotopic (exact) mass is 367 g/mol. The van der Waals surface area contributed by atoms with Crippen LogP contribution in [0.15, 0.2) is 28.2 Å². The van der Waals surface area contributed by atoms with E-state index in [0.717, 1.165) is 10.0 Å². The highest BCUT2D eigenvalue weighted by Gasteiger charge is 2.44. The summed E-state index contributed by atoms with van der Waals surface area (Å²) < 4.78 is 11.5. The molecular weight excluding hydrogens is 354 g/mol. The molecule has 2 N–H and O–H groups in total. The van der Waals surface area contributed by atoms with Crippen molar-refractivity contribution < 1.29 is 24.2 Å². The molecule has 2 aliphatic rings. The van der Waals surface area contributed by atoms with Crippen LogP contribution in [-0.2, 0) is 14.3 Å². The third-order valence-electron chi connectivity index (χ3n) is 3.76. The van der Waals surface area contributed by atoms with E-state index in [0.29, 0.717) is 17.9 Å². The number of aliphatic carboxylic acids is 1. The van der Waals surface area contributed by atoms with E-state index in [2.05, 4.69) is 21.2 Å². The summed E-state index contributed by atoms with van der Waals surface area (Å²) in [5.74, 6) is -0.839. The van der Waals surface area contributed by atoms with Crippen molar-refractivity contribution in [2.24, 2.45) is 0 Å². The van der Waals surface area contributed by atoms with Crippen molar-refractivity contribution >= 4 is 33.9 Å². The lowest BCUT2D eigenvalue weighted by atomic mass is 9.97. The number of rotatable bonds is 3. The Labute approximate surface area is 135 Å². The van der Waals surface area contributed by atoms with E-state index in [9.17, 15) is 14.7 Å². The summed E-state index contributed by atoms with van der Waals surface area (Å²) in [5, 5.41) is 11.9. The zero-order valence-corrected chi connectivity index (χ0v) is 13.2. The Balaban J connectivity index is 1.82. The molecule has 22 heavy (non-hydrogen) atoms. The van der Waals surface area contributed by atoms with Gasteiger partial charge in [0, 0.05) is 23.1 Å². The van der Waals surface area contributed by atoms with Crippen LogP contribution in [0.5, 0.6) is 5.75 Å². The summed E-state index contributed by atoms with van der Waals surface area (Å²) in [7, 11) is 0. The van der Waals surface area contributed by atoms with Crippen molar-refractivity contribution in [1.29, 1.82) is 0 Å². The molecule has 1 aromatic carbocycles. The van der Waals surface area contributed by atoms with E-state index < -0.39 is 17.4 Å². The SMILES string of the molecule is O=C(NC1(C(=O)O)CCOC1)C1=Cc2cc(Br)ccc2OC1. The van der Waals surface area contributed by atoms with Crippen LogP contribution in [0.25, 0.3) is 6.08 Å². The van der Waals surface area contributed by atoms with Gasteiger partial charge in [0.25, 0.3) is 5.91 Å². The molecule has 2 heterocycles. The van der Waals surface area contributed by atoms with Crippen molar-refractivity contribution in [3.05, 3.63) is 33.8 Å². The van der Waals surface area contributed by atoms with E-state index in [-0.39, 0.29) is 19.6 Å². The second kappa shape index (κ2) is 5.73. The van der Waals surface area contributed by atoms with Gasteiger partial charge in [-0.3, -0.25) is 4.79 Å². The molecule has 7 heteroatoms. The van der Waals surface area contributed by atoms with Crippen molar-refractivity contribution in [2.75, 3.05) is 19.8 Å². The first kappa shape index (κ1) is 15.1. The third-order valence-corrected chi connectivity index (χ3v) is 4.25. The zero-order chi connectivity index (χ0) is 15.7. The fraction of sp³-hybridized carbons (Fsp3) is 0.333. The van der Waals surface area contributed by atoms with E-state index in [4.69, 9.17) is 9.47 Å². The third kappa shape index (κ3) is 2.74. The van der Waals surface area contributed by atoms with Crippen molar-refractivity contribution in [3.63, 3.8) is 0 Å². The van der Waals surface area contributed by atoms with Crippen LogP contribution >= 0.6 is 15.9 Å². The Bertz CT molecular complexity index is 664. The second-order valence-electron chi connectivity index (χ2n) is 5.28. The van der Waals surface area contributed by atoms with E-state index in [1.54, 1.807) is 6.08 Å². The van der Waals surface area contributed by atoms with Crippen LogP contribution in [0.3, 0.4) is 0 Å². The molecule has 3 rings (SSSR count). The molecule has 1 atom stereocenters. The highest BCUT2D eigenvalue weighted by Crippen LogP contribution is 2.29. The van der Waals surface area contributed by atoms with Gasteiger partial charge >= 0.3 is 5.97 Å². The molecule has 6 nitrogen and oxygen atoms in total. The highest BCUT2D eigenvalue weighted by molar-refractivity contribution is 9.10. The van der Waals surface area contributed by atoms with Gasteiger partial charge < -0.3 is 19.9 Å². The summed E-state index contributed by atoms with van der Waals surface area (Å²) in [4.78, 5) is 23.8. The lowest BCUT2D eigenvalue weighted by Gasteiger charge is -2.25. The van der Waals surface area contributed by atoms with Crippen LogP contribution < -0.4 is 10.1 Å². The van der Waals surface area contributed by atoms with Crippen molar-refractivity contribution in [3.8, 4) is 5.75 Å². The fourth-order valence-electron chi connectivity index (χ4n) is 2.46. The van der Waals surface area contributed by atoms with Gasteiger partial charge in [-0.15, -0.1) is 0 Å². The molecule has 1 amide bonds. The van der Waals surface area contributed by atoms with Crippen LogP contribution in [0, 0.1) is 0 Å². The largest absolute Gasteiger partial charge is 0.488 e. The highest BCUT2D eigenvalue weighted by atomic mass is 79.9. The molecule has 0 bridgehead atoms. The number of hydrogen-bond donors (Lipinski definition) is 2. The molecule has 0 saturated carbocycles.